The normalized spacial score (nSPS) is 16.5. The van der Waals surface area contributed by atoms with E-state index in [1.807, 2.05) is 0 Å². The fourth-order valence-corrected chi connectivity index (χ4v) is 3.89. The van der Waals surface area contributed by atoms with Crippen LogP contribution in [0.2, 0.25) is 0 Å². The lowest BCUT2D eigenvalue weighted by Crippen LogP contribution is -2.26. The van der Waals surface area contributed by atoms with Gasteiger partial charge in [-0.25, -0.2) is 4.98 Å². The second-order valence-electron chi connectivity index (χ2n) is 5.82. The minimum absolute atomic E-state index is 0.160. The largest absolute Gasteiger partial charge is 0.356 e. The lowest BCUT2D eigenvalue weighted by Gasteiger charge is -2.11. The lowest BCUT2D eigenvalue weighted by atomic mass is 9.97. The van der Waals surface area contributed by atoms with Crippen LogP contribution in [0.3, 0.4) is 0 Å². The van der Waals surface area contributed by atoms with Crippen LogP contribution in [0.15, 0.2) is 29.6 Å². The van der Waals surface area contributed by atoms with Gasteiger partial charge in [0.15, 0.2) is 0 Å². The van der Waals surface area contributed by atoms with Gasteiger partial charge >= 0.3 is 0 Å². The Morgan fingerprint density at radius 1 is 1.41 bits per heavy atom. The molecule has 3 nitrogen and oxygen atoms in total. The van der Waals surface area contributed by atoms with Gasteiger partial charge in [-0.3, -0.25) is 4.79 Å². The highest BCUT2D eigenvalue weighted by Gasteiger charge is 2.23. The highest BCUT2D eigenvalue weighted by Crippen LogP contribution is 2.34. The second kappa shape index (κ2) is 7.05. The van der Waals surface area contributed by atoms with Gasteiger partial charge < -0.3 is 5.32 Å². The molecule has 0 saturated heterocycles. The van der Waals surface area contributed by atoms with E-state index in [4.69, 9.17) is 0 Å². The third-order valence-corrected chi connectivity index (χ3v) is 5.34. The summed E-state index contributed by atoms with van der Waals surface area (Å²) in [7, 11) is 0. The molecule has 1 aromatic carbocycles. The van der Waals surface area contributed by atoms with E-state index < -0.39 is 0 Å². The molecule has 0 spiro atoms. The summed E-state index contributed by atoms with van der Waals surface area (Å²) in [6.07, 6.45) is 4.61. The number of carbonyl (C=O) groups is 1. The third kappa shape index (κ3) is 3.55. The quantitative estimate of drug-likeness (QED) is 0.887. The number of nitrogens with zero attached hydrogens (tertiary/aromatic N) is 1. The molecule has 1 aliphatic carbocycles. The average molecular weight is 314 g/mol. The molecule has 1 atom stereocenters. The first kappa shape index (κ1) is 15.2. The number of aryl methyl sites for hydroxylation is 2. The van der Waals surface area contributed by atoms with E-state index in [0.29, 0.717) is 18.9 Å². The summed E-state index contributed by atoms with van der Waals surface area (Å²) in [5.41, 5.74) is 3.87. The molecule has 1 aromatic heterocycles. The van der Waals surface area contributed by atoms with Crippen LogP contribution < -0.4 is 5.32 Å². The molecule has 2 aromatic rings. The summed E-state index contributed by atoms with van der Waals surface area (Å²) < 4.78 is 0. The Balaban J connectivity index is 1.45. The molecule has 0 bridgehead atoms. The van der Waals surface area contributed by atoms with Crippen molar-refractivity contribution in [3.63, 3.8) is 0 Å². The van der Waals surface area contributed by atoms with Gasteiger partial charge in [-0.1, -0.05) is 31.2 Å². The molecule has 22 heavy (non-hydrogen) atoms. The van der Waals surface area contributed by atoms with E-state index in [1.54, 1.807) is 11.3 Å². The zero-order valence-corrected chi connectivity index (χ0v) is 13.8. The van der Waals surface area contributed by atoms with Gasteiger partial charge in [-0.15, -0.1) is 11.3 Å². The molecule has 0 saturated carbocycles. The van der Waals surface area contributed by atoms with Gasteiger partial charge in [0.1, 0.15) is 0 Å². The van der Waals surface area contributed by atoms with Gasteiger partial charge in [-0.2, -0.15) is 0 Å². The molecule has 116 valence electrons. The molecule has 0 aliphatic heterocycles. The van der Waals surface area contributed by atoms with E-state index in [-0.39, 0.29) is 5.91 Å². The lowest BCUT2D eigenvalue weighted by molar-refractivity contribution is -0.121. The molecule has 1 amide bonds. The molecule has 0 radical (unpaired) electrons. The fourth-order valence-electron chi connectivity index (χ4n) is 3.11. The second-order valence-corrected chi connectivity index (χ2v) is 6.77. The summed E-state index contributed by atoms with van der Waals surface area (Å²) in [5.74, 6) is 0.551. The van der Waals surface area contributed by atoms with Crippen molar-refractivity contribution in [2.24, 2.45) is 0 Å². The van der Waals surface area contributed by atoms with Crippen LogP contribution in [-0.2, 0) is 24.1 Å². The topological polar surface area (TPSA) is 42.0 Å². The first-order chi connectivity index (χ1) is 10.8. The highest BCUT2D eigenvalue weighted by atomic mass is 32.1. The van der Waals surface area contributed by atoms with Crippen LogP contribution in [0, 0.1) is 0 Å². The Bertz CT molecular complexity index is 650. The number of carbonyl (C=O) groups excluding carboxylic acids is 1. The van der Waals surface area contributed by atoms with E-state index in [0.717, 1.165) is 31.4 Å². The number of nitrogens with one attached hydrogen (secondary N) is 1. The van der Waals surface area contributed by atoms with Crippen LogP contribution in [0.1, 0.15) is 47.5 Å². The van der Waals surface area contributed by atoms with E-state index >= 15 is 0 Å². The Morgan fingerprint density at radius 3 is 3.09 bits per heavy atom. The molecule has 1 aliphatic rings. The van der Waals surface area contributed by atoms with Gasteiger partial charge in [0, 0.05) is 24.8 Å². The summed E-state index contributed by atoms with van der Waals surface area (Å²) in [4.78, 5) is 16.7. The molecular weight excluding hydrogens is 292 g/mol. The van der Waals surface area contributed by atoms with Crippen molar-refractivity contribution in [1.82, 2.24) is 10.3 Å². The third-order valence-electron chi connectivity index (χ3n) is 4.29. The Hall–Kier alpha value is -1.68. The number of benzene rings is 1. The molecule has 0 fully saturated rings. The van der Waals surface area contributed by atoms with E-state index in [2.05, 4.69) is 46.9 Å². The summed E-state index contributed by atoms with van der Waals surface area (Å²) in [6, 6.07) is 8.50. The van der Waals surface area contributed by atoms with Crippen LogP contribution >= 0.6 is 11.3 Å². The number of hydrogen-bond acceptors (Lipinski definition) is 3. The maximum Gasteiger partial charge on any atom is 0.220 e. The van der Waals surface area contributed by atoms with Crippen molar-refractivity contribution in [3.8, 4) is 0 Å². The van der Waals surface area contributed by atoms with Crippen molar-refractivity contribution in [3.05, 3.63) is 51.5 Å². The van der Waals surface area contributed by atoms with Gasteiger partial charge in [0.05, 0.1) is 10.7 Å². The van der Waals surface area contributed by atoms with E-state index in [1.165, 1.54) is 16.1 Å². The predicted molar refractivity (Wildman–Crippen MR) is 90.3 cm³/mol. The van der Waals surface area contributed by atoms with Crippen LogP contribution in [0.5, 0.6) is 0 Å². The first-order valence-electron chi connectivity index (χ1n) is 8.04. The summed E-state index contributed by atoms with van der Waals surface area (Å²) in [6.45, 7) is 2.80. The number of aromatic nitrogens is 1. The maximum atomic E-state index is 12.1. The minimum Gasteiger partial charge on any atom is -0.356 e. The van der Waals surface area contributed by atoms with Crippen molar-refractivity contribution in [2.45, 2.75) is 44.9 Å². The van der Waals surface area contributed by atoms with Gasteiger partial charge in [-0.05, 0) is 36.3 Å². The van der Waals surface area contributed by atoms with Crippen LogP contribution in [0.4, 0.5) is 0 Å². The van der Waals surface area contributed by atoms with Crippen LogP contribution in [-0.4, -0.2) is 17.4 Å². The zero-order valence-electron chi connectivity index (χ0n) is 13.0. The zero-order chi connectivity index (χ0) is 15.4. The summed E-state index contributed by atoms with van der Waals surface area (Å²) >= 11 is 1.70. The summed E-state index contributed by atoms with van der Waals surface area (Å²) in [5, 5.41) is 6.31. The number of rotatable bonds is 6. The number of fused-ring (bicyclic) bond motifs is 1. The first-order valence-corrected chi connectivity index (χ1v) is 8.92. The van der Waals surface area contributed by atoms with Gasteiger partial charge in [0.2, 0.25) is 5.91 Å². The fraction of sp³-hybridized carbons (Fsp3) is 0.444. The molecule has 4 heteroatoms. The minimum atomic E-state index is 0.160. The smallest absolute Gasteiger partial charge is 0.220 e. The number of thiazole rings is 1. The van der Waals surface area contributed by atoms with Gasteiger partial charge in [0.25, 0.3) is 0 Å². The average Bonchev–Trinajstić information content (AvgIpc) is 3.15. The SMILES string of the molecule is CCc1nc(CCNC(=O)CC2CCc3ccccc32)cs1. The molecule has 1 heterocycles. The van der Waals surface area contributed by atoms with Crippen molar-refractivity contribution in [1.29, 1.82) is 0 Å². The number of amides is 1. The Kier molecular flexibility index (Phi) is 4.88. The van der Waals surface area contributed by atoms with E-state index in [9.17, 15) is 4.79 Å². The Morgan fingerprint density at radius 2 is 2.27 bits per heavy atom. The number of hydrogen-bond donors (Lipinski definition) is 1. The molecular formula is C18H22N2OS. The highest BCUT2D eigenvalue weighted by molar-refractivity contribution is 7.09. The Labute approximate surface area is 135 Å². The molecule has 3 rings (SSSR count). The molecule has 1 unspecified atom stereocenters. The van der Waals surface area contributed by atoms with Crippen molar-refractivity contribution < 1.29 is 4.79 Å². The maximum absolute atomic E-state index is 12.1. The van der Waals surface area contributed by atoms with Crippen molar-refractivity contribution in [2.75, 3.05) is 6.54 Å². The monoisotopic (exact) mass is 314 g/mol. The predicted octanol–water partition coefficient (Wildman–Crippen LogP) is 3.48. The van der Waals surface area contributed by atoms with Crippen LogP contribution in [0.25, 0.3) is 0 Å². The standard InChI is InChI=1S/C18H22N2OS/c1-2-18-20-15(12-22-18)9-10-19-17(21)11-14-8-7-13-5-3-4-6-16(13)14/h3-6,12,14H,2,7-11H2,1H3,(H,19,21). The molecule has 1 N–H and O–H groups in total. The van der Waals surface area contributed by atoms with Crippen molar-refractivity contribution >= 4 is 17.2 Å².